The van der Waals surface area contributed by atoms with Crippen molar-refractivity contribution in [3.05, 3.63) is 60.7 Å². The van der Waals surface area contributed by atoms with Crippen LogP contribution in [0.3, 0.4) is 0 Å². The highest BCUT2D eigenvalue weighted by molar-refractivity contribution is 8.00. The van der Waals surface area contributed by atoms with Crippen LogP contribution in [0.5, 0.6) is 0 Å². The average molecular weight is 381 g/mol. The number of benzene rings is 2. The Morgan fingerprint density at radius 1 is 1.04 bits per heavy atom. The molecule has 1 aromatic heterocycles. The van der Waals surface area contributed by atoms with Crippen molar-refractivity contribution in [2.75, 3.05) is 12.0 Å². The van der Waals surface area contributed by atoms with Crippen LogP contribution in [-0.2, 0) is 10.1 Å². The van der Waals surface area contributed by atoms with Crippen LogP contribution < -0.4 is 5.73 Å². The van der Waals surface area contributed by atoms with Gasteiger partial charge in [0.25, 0.3) is 10.1 Å². The van der Waals surface area contributed by atoms with Crippen LogP contribution in [0.25, 0.3) is 10.4 Å². The van der Waals surface area contributed by atoms with Gasteiger partial charge in [0.1, 0.15) is 5.82 Å². The molecule has 5 nitrogen and oxygen atoms in total. The van der Waals surface area contributed by atoms with Gasteiger partial charge in [0, 0.05) is 0 Å². The van der Waals surface area contributed by atoms with Crippen molar-refractivity contribution in [1.82, 2.24) is 4.98 Å². The molecular weight excluding hydrogens is 364 g/mol. The second kappa shape index (κ2) is 8.29. The Morgan fingerprint density at radius 3 is 2.00 bits per heavy atom. The number of thiazole rings is 1. The molecule has 0 saturated heterocycles. The summed E-state index contributed by atoms with van der Waals surface area (Å²) in [5.41, 5.74) is 6.98. The lowest BCUT2D eigenvalue weighted by Gasteiger charge is -1.95. The van der Waals surface area contributed by atoms with Gasteiger partial charge in [0.2, 0.25) is 0 Å². The fourth-order valence-corrected chi connectivity index (χ4v) is 3.78. The minimum atomic E-state index is -4.00. The summed E-state index contributed by atoms with van der Waals surface area (Å²) in [5.74, 6) is 0.630. The van der Waals surface area contributed by atoms with Gasteiger partial charge >= 0.3 is 0 Å². The third kappa shape index (κ3) is 5.07. The van der Waals surface area contributed by atoms with E-state index in [1.807, 2.05) is 36.6 Å². The molecule has 0 amide bonds. The maximum Gasteiger partial charge on any atom is 0.294 e. The van der Waals surface area contributed by atoms with Gasteiger partial charge in [-0.15, -0.1) is 11.3 Å². The summed E-state index contributed by atoms with van der Waals surface area (Å²) in [7, 11) is -4.00. The van der Waals surface area contributed by atoms with Crippen LogP contribution in [0, 0.1) is 0 Å². The molecule has 0 aliphatic heterocycles. The maximum atomic E-state index is 10.4. The number of rotatable bonds is 3. The van der Waals surface area contributed by atoms with Crippen molar-refractivity contribution in [1.29, 1.82) is 0 Å². The molecule has 0 fully saturated rings. The van der Waals surface area contributed by atoms with E-state index in [2.05, 4.69) is 4.98 Å². The summed E-state index contributed by atoms with van der Waals surface area (Å²) >= 11 is 3.27. The van der Waals surface area contributed by atoms with Gasteiger partial charge in [-0.1, -0.05) is 60.3 Å². The first kappa shape index (κ1) is 18.5. The molecule has 0 atom stereocenters. The maximum absolute atomic E-state index is 10.4. The molecule has 3 aromatic rings. The molecule has 2 aromatic carbocycles. The smallest absolute Gasteiger partial charge is 0.294 e. The second-order valence-corrected chi connectivity index (χ2v) is 8.03. The molecular formula is C16H16N2O3S3. The Hall–Kier alpha value is -1.87. The number of nitrogens with two attached hydrogens (primary N) is 1. The predicted molar refractivity (Wildman–Crippen MR) is 100 cm³/mol. The van der Waals surface area contributed by atoms with E-state index >= 15 is 0 Å². The summed E-state index contributed by atoms with van der Waals surface area (Å²) in [6.07, 6.45) is 2.01. The van der Waals surface area contributed by atoms with Crippen molar-refractivity contribution < 1.29 is 13.0 Å². The van der Waals surface area contributed by atoms with Gasteiger partial charge in [0.15, 0.2) is 4.34 Å². The van der Waals surface area contributed by atoms with Gasteiger partial charge in [-0.05, 0) is 24.0 Å². The highest BCUT2D eigenvalue weighted by Crippen LogP contribution is 2.35. The molecule has 0 bridgehead atoms. The molecule has 126 valence electrons. The van der Waals surface area contributed by atoms with Crippen molar-refractivity contribution >= 4 is 39.0 Å². The van der Waals surface area contributed by atoms with Crippen LogP contribution in [0.15, 0.2) is 69.9 Å². The molecule has 24 heavy (non-hydrogen) atoms. The number of nitrogens with zero attached hydrogens (tertiary/aromatic N) is 1. The Balaban J connectivity index is 0.000000185. The minimum Gasteiger partial charge on any atom is -0.382 e. The fourth-order valence-electron chi connectivity index (χ4n) is 1.79. The highest BCUT2D eigenvalue weighted by Gasteiger charge is 2.08. The normalized spacial score (nSPS) is 10.8. The van der Waals surface area contributed by atoms with Crippen LogP contribution in [0.4, 0.5) is 5.82 Å². The van der Waals surface area contributed by atoms with E-state index < -0.39 is 10.1 Å². The van der Waals surface area contributed by atoms with Crippen molar-refractivity contribution in [3.63, 3.8) is 0 Å². The molecule has 8 heteroatoms. The van der Waals surface area contributed by atoms with E-state index in [1.165, 1.54) is 12.1 Å². The quantitative estimate of drug-likeness (QED) is 0.526. The van der Waals surface area contributed by atoms with E-state index in [4.69, 9.17) is 10.3 Å². The molecule has 0 radical (unpaired) electrons. The zero-order valence-electron chi connectivity index (χ0n) is 12.8. The van der Waals surface area contributed by atoms with E-state index in [0.717, 1.165) is 14.8 Å². The van der Waals surface area contributed by atoms with Crippen molar-refractivity contribution in [2.45, 2.75) is 9.24 Å². The van der Waals surface area contributed by atoms with E-state index in [0.29, 0.717) is 5.82 Å². The zero-order valence-corrected chi connectivity index (χ0v) is 15.2. The third-order valence-corrected chi connectivity index (χ3v) is 5.86. The van der Waals surface area contributed by atoms with Gasteiger partial charge in [0.05, 0.1) is 9.77 Å². The van der Waals surface area contributed by atoms with Gasteiger partial charge in [-0.3, -0.25) is 4.55 Å². The molecule has 0 unspecified atom stereocenters. The number of thioether (sulfide) groups is 1. The van der Waals surface area contributed by atoms with E-state index in [9.17, 15) is 8.42 Å². The lowest BCUT2D eigenvalue weighted by molar-refractivity contribution is 0.483. The summed E-state index contributed by atoms with van der Waals surface area (Å²) < 4.78 is 30.3. The first-order chi connectivity index (χ1) is 11.4. The summed E-state index contributed by atoms with van der Waals surface area (Å²) in [6, 6.07) is 17.5. The topological polar surface area (TPSA) is 93.3 Å². The molecule has 0 spiro atoms. The predicted octanol–water partition coefficient (Wildman–Crippen LogP) is 4.05. The van der Waals surface area contributed by atoms with E-state index in [-0.39, 0.29) is 4.90 Å². The lowest BCUT2D eigenvalue weighted by Crippen LogP contribution is -1.96. The molecule has 3 rings (SSSR count). The molecule has 0 aliphatic carbocycles. The van der Waals surface area contributed by atoms with Gasteiger partial charge in [-0.25, -0.2) is 4.98 Å². The summed E-state index contributed by atoms with van der Waals surface area (Å²) in [4.78, 5) is 5.26. The van der Waals surface area contributed by atoms with Crippen LogP contribution in [-0.4, -0.2) is 24.2 Å². The Morgan fingerprint density at radius 2 is 1.58 bits per heavy atom. The highest BCUT2D eigenvalue weighted by atomic mass is 32.2. The van der Waals surface area contributed by atoms with Crippen LogP contribution in [0.2, 0.25) is 0 Å². The van der Waals surface area contributed by atoms with Crippen LogP contribution in [0.1, 0.15) is 0 Å². The second-order valence-electron chi connectivity index (χ2n) is 4.55. The zero-order chi connectivity index (χ0) is 17.6. The average Bonchev–Trinajstić information content (AvgIpc) is 2.97. The first-order valence-corrected chi connectivity index (χ1v) is 10.3. The fraction of sp³-hybridized carbons (Fsp3) is 0.0625. The Kier molecular flexibility index (Phi) is 6.38. The molecule has 0 saturated carbocycles. The number of nitrogen functional groups attached to an aromatic ring is 1. The number of hydrogen-bond donors (Lipinski definition) is 2. The first-order valence-electron chi connectivity index (χ1n) is 6.80. The van der Waals surface area contributed by atoms with Crippen molar-refractivity contribution in [2.24, 2.45) is 0 Å². The number of hydrogen-bond acceptors (Lipinski definition) is 6. The molecule has 0 aliphatic rings. The third-order valence-electron chi connectivity index (χ3n) is 2.89. The Bertz CT molecular complexity index is 879. The SMILES string of the molecule is CSc1nc(N)c(-c2ccccc2)s1.O=S(=O)(O)c1ccccc1. The number of anilines is 1. The number of aromatic nitrogens is 1. The monoisotopic (exact) mass is 380 g/mol. The van der Waals surface area contributed by atoms with E-state index in [1.54, 1.807) is 41.3 Å². The van der Waals surface area contributed by atoms with Gasteiger partial charge in [-0.2, -0.15) is 8.42 Å². The standard InChI is InChI=1S/C10H10N2S2.C6H6O3S/c1-13-10-12-9(11)8(14-10)7-5-3-2-4-6-7;7-10(8,9)6-4-2-1-3-5-6/h2-6H,11H2,1H3;1-5H,(H,7,8,9). The largest absolute Gasteiger partial charge is 0.382 e. The molecule has 3 N–H and O–H groups in total. The summed E-state index contributed by atoms with van der Waals surface area (Å²) in [6.45, 7) is 0. The van der Waals surface area contributed by atoms with Crippen LogP contribution >= 0.6 is 23.1 Å². The summed E-state index contributed by atoms with van der Waals surface area (Å²) in [5, 5.41) is 0. The molecule has 1 heterocycles. The van der Waals surface area contributed by atoms with Crippen molar-refractivity contribution in [3.8, 4) is 10.4 Å². The minimum absolute atomic E-state index is 0.0741. The Labute approximate surface area is 149 Å². The van der Waals surface area contributed by atoms with Gasteiger partial charge < -0.3 is 5.73 Å². The lowest BCUT2D eigenvalue weighted by atomic mass is 10.2.